The van der Waals surface area contributed by atoms with Crippen molar-refractivity contribution < 1.29 is 4.79 Å². The van der Waals surface area contributed by atoms with Crippen LogP contribution in [-0.4, -0.2) is 35.6 Å². The average molecular weight is 329 g/mol. The molecule has 2 N–H and O–H groups in total. The van der Waals surface area contributed by atoms with Gasteiger partial charge in [-0.05, 0) is 56.2 Å². The van der Waals surface area contributed by atoms with Crippen LogP contribution in [0.4, 0.5) is 10.5 Å². The molecule has 0 radical (unpaired) electrons. The van der Waals surface area contributed by atoms with Crippen LogP contribution in [0.3, 0.4) is 0 Å². The first-order chi connectivity index (χ1) is 11.5. The molecule has 1 aromatic rings. The second-order valence-corrected chi connectivity index (χ2v) is 7.97. The van der Waals surface area contributed by atoms with Gasteiger partial charge in [-0.3, -0.25) is 4.90 Å². The van der Waals surface area contributed by atoms with E-state index in [-0.39, 0.29) is 6.03 Å². The third kappa shape index (κ3) is 4.29. The van der Waals surface area contributed by atoms with Gasteiger partial charge in [0.2, 0.25) is 0 Å². The lowest BCUT2D eigenvalue weighted by molar-refractivity contribution is 0.0180. The van der Waals surface area contributed by atoms with E-state index in [0.717, 1.165) is 24.1 Å². The summed E-state index contributed by atoms with van der Waals surface area (Å²) in [5.74, 6) is 0.710. The number of nitrogens with one attached hydrogen (secondary N) is 2. The number of carbonyl (C=O) groups is 1. The molecule has 1 aromatic carbocycles. The minimum absolute atomic E-state index is 0.0685. The molecule has 3 rings (SSSR count). The van der Waals surface area contributed by atoms with E-state index in [4.69, 9.17) is 0 Å². The SMILES string of the molecule is Cc1cccc(NC(=O)NC2C[C@H]3CCC[C@H](C2)N3CC(C)C)c1. The molecule has 24 heavy (non-hydrogen) atoms. The van der Waals surface area contributed by atoms with E-state index in [2.05, 4.69) is 29.4 Å². The first-order valence-corrected chi connectivity index (χ1v) is 9.41. The normalized spacial score (nSPS) is 27.1. The van der Waals surface area contributed by atoms with Gasteiger partial charge in [0.1, 0.15) is 0 Å². The molecule has 4 heteroatoms. The molecule has 0 saturated carbocycles. The summed E-state index contributed by atoms with van der Waals surface area (Å²) in [6.07, 6.45) is 6.07. The molecule has 4 nitrogen and oxygen atoms in total. The Bertz CT molecular complexity index is 558. The van der Waals surface area contributed by atoms with Crippen LogP contribution in [0.1, 0.15) is 51.5 Å². The number of urea groups is 1. The zero-order valence-electron chi connectivity index (χ0n) is 15.2. The van der Waals surface area contributed by atoms with Crippen LogP contribution in [0, 0.1) is 12.8 Å². The minimum atomic E-state index is -0.0685. The molecule has 2 saturated heterocycles. The lowest BCUT2D eigenvalue weighted by Crippen LogP contribution is -2.58. The van der Waals surface area contributed by atoms with Crippen LogP contribution < -0.4 is 10.6 Å². The molecule has 132 valence electrons. The van der Waals surface area contributed by atoms with Crippen molar-refractivity contribution in [3.8, 4) is 0 Å². The Morgan fingerprint density at radius 3 is 2.58 bits per heavy atom. The Morgan fingerprint density at radius 2 is 1.96 bits per heavy atom. The highest BCUT2D eigenvalue weighted by Crippen LogP contribution is 2.34. The second-order valence-electron chi connectivity index (χ2n) is 7.97. The summed E-state index contributed by atoms with van der Waals surface area (Å²) >= 11 is 0. The number of hydrogen-bond donors (Lipinski definition) is 2. The summed E-state index contributed by atoms with van der Waals surface area (Å²) < 4.78 is 0. The lowest BCUT2D eigenvalue weighted by Gasteiger charge is -2.49. The van der Waals surface area contributed by atoms with Gasteiger partial charge in [0, 0.05) is 30.4 Å². The van der Waals surface area contributed by atoms with Crippen molar-refractivity contribution in [3.63, 3.8) is 0 Å². The fourth-order valence-electron chi connectivity index (χ4n) is 4.39. The molecule has 2 fully saturated rings. The quantitative estimate of drug-likeness (QED) is 0.871. The van der Waals surface area contributed by atoms with Gasteiger partial charge in [-0.15, -0.1) is 0 Å². The van der Waals surface area contributed by atoms with E-state index in [1.807, 2.05) is 31.2 Å². The highest BCUT2D eigenvalue weighted by molar-refractivity contribution is 5.89. The summed E-state index contributed by atoms with van der Waals surface area (Å²) in [5, 5.41) is 6.19. The third-order valence-electron chi connectivity index (χ3n) is 5.31. The zero-order valence-corrected chi connectivity index (χ0v) is 15.2. The summed E-state index contributed by atoms with van der Waals surface area (Å²) in [6.45, 7) is 7.83. The summed E-state index contributed by atoms with van der Waals surface area (Å²) in [6, 6.07) is 9.46. The van der Waals surface area contributed by atoms with Crippen molar-refractivity contribution in [2.75, 3.05) is 11.9 Å². The maximum Gasteiger partial charge on any atom is 0.319 e. The Kier molecular flexibility index (Phi) is 5.44. The molecular formula is C20H31N3O. The van der Waals surface area contributed by atoms with Crippen LogP contribution in [-0.2, 0) is 0 Å². The molecule has 2 aliphatic heterocycles. The molecule has 0 spiro atoms. The molecular weight excluding hydrogens is 298 g/mol. The Balaban J connectivity index is 1.56. The summed E-state index contributed by atoms with van der Waals surface area (Å²) in [5.41, 5.74) is 2.02. The molecule has 2 amide bonds. The van der Waals surface area contributed by atoms with E-state index in [1.54, 1.807) is 0 Å². The predicted molar refractivity (Wildman–Crippen MR) is 99.3 cm³/mol. The van der Waals surface area contributed by atoms with Gasteiger partial charge >= 0.3 is 6.03 Å². The fourth-order valence-corrected chi connectivity index (χ4v) is 4.39. The maximum atomic E-state index is 12.3. The number of piperidine rings is 2. The molecule has 0 unspecified atom stereocenters. The van der Waals surface area contributed by atoms with Crippen molar-refractivity contribution >= 4 is 11.7 Å². The van der Waals surface area contributed by atoms with Crippen molar-refractivity contribution in [3.05, 3.63) is 29.8 Å². The van der Waals surface area contributed by atoms with Crippen molar-refractivity contribution in [1.29, 1.82) is 0 Å². The van der Waals surface area contributed by atoms with E-state index in [9.17, 15) is 4.79 Å². The highest BCUT2D eigenvalue weighted by atomic mass is 16.2. The number of anilines is 1. The van der Waals surface area contributed by atoms with Gasteiger partial charge in [-0.2, -0.15) is 0 Å². The van der Waals surface area contributed by atoms with E-state index >= 15 is 0 Å². The maximum absolute atomic E-state index is 12.3. The zero-order chi connectivity index (χ0) is 17.1. The number of fused-ring (bicyclic) bond motifs is 2. The van der Waals surface area contributed by atoms with Crippen LogP contribution in [0.5, 0.6) is 0 Å². The number of hydrogen-bond acceptors (Lipinski definition) is 2. The van der Waals surface area contributed by atoms with Gasteiger partial charge in [0.05, 0.1) is 0 Å². The monoisotopic (exact) mass is 329 g/mol. The topological polar surface area (TPSA) is 44.4 Å². The molecule has 2 bridgehead atoms. The number of nitrogens with zero attached hydrogens (tertiary/aromatic N) is 1. The summed E-state index contributed by atoms with van der Waals surface area (Å²) in [7, 11) is 0. The predicted octanol–water partition coefficient (Wildman–Crippen LogP) is 4.16. The number of carbonyl (C=O) groups excluding carboxylic acids is 1. The van der Waals surface area contributed by atoms with Gasteiger partial charge < -0.3 is 10.6 Å². The van der Waals surface area contributed by atoms with Crippen molar-refractivity contribution in [2.45, 2.75) is 71.0 Å². The largest absolute Gasteiger partial charge is 0.335 e. The first-order valence-electron chi connectivity index (χ1n) is 9.41. The molecule has 2 atom stereocenters. The van der Waals surface area contributed by atoms with Crippen molar-refractivity contribution in [2.24, 2.45) is 5.92 Å². The molecule has 2 aliphatic rings. The number of aryl methyl sites for hydroxylation is 1. The van der Waals surface area contributed by atoms with Gasteiger partial charge in [-0.1, -0.05) is 32.4 Å². The summed E-state index contributed by atoms with van der Waals surface area (Å²) in [4.78, 5) is 15.0. The van der Waals surface area contributed by atoms with Crippen LogP contribution in [0.25, 0.3) is 0 Å². The van der Waals surface area contributed by atoms with Crippen LogP contribution in [0.2, 0.25) is 0 Å². The van der Waals surface area contributed by atoms with Gasteiger partial charge in [-0.25, -0.2) is 4.79 Å². The third-order valence-corrected chi connectivity index (χ3v) is 5.31. The van der Waals surface area contributed by atoms with Gasteiger partial charge in [0.25, 0.3) is 0 Å². The number of rotatable bonds is 4. The van der Waals surface area contributed by atoms with Crippen molar-refractivity contribution in [1.82, 2.24) is 10.2 Å². The van der Waals surface area contributed by atoms with Crippen LogP contribution in [0.15, 0.2) is 24.3 Å². The fraction of sp³-hybridized carbons (Fsp3) is 0.650. The first kappa shape index (κ1) is 17.3. The smallest absolute Gasteiger partial charge is 0.319 e. The average Bonchev–Trinajstić information content (AvgIpc) is 2.47. The Morgan fingerprint density at radius 1 is 1.25 bits per heavy atom. The van der Waals surface area contributed by atoms with E-state index < -0.39 is 0 Å². The Hall–Kier alpha value is -1.55. The lowest BCUT2D eigenvalue weighted by atomic mass is 9.81. The van der Waals surface area contributed by atoms with E-state index in [0.29, 0.717) is 24.0 Å². The minimum Gasteiger partial charge on any atom is -0.335 e. The second kappa shape index (κ2) is 7.56. The Labute approximate surface area is 146 Å². The highest BCUT2D eigenvalue weighted by Gasteiger charge is 2.38. The standard InChI is InChI=1S/C20H31N3O/c1-14(2)13-23-18-8-5-9-19(23)12-17(11-18)22-20(24)21-16-7-4-6-15(3)10-16/h4,6-7,10,14,17-19H,5,8-9,11-13H2,1-3H3,(H2,21,22,24)/t18-,19-/m1/s1. The molecule has 2 heterocycles. The number of amides is 2. The number of benzene rings is 1. The molecule has 0 aromatic heterocycles. The molecule has 0 aliphatic carbocycles. The van der Waals surface area contributed by atoms with E-state index in [1.165, 1.54) is 25.8 Å². The van der Waals surface area contributed by atoms with Crippen LogP contribution >= 0.6 is 0 Å². The van der Waals surface area contributed by atoms with Gasteiger partial charge in [0.15, 0.2) is 0 Å².